The number of aromatic nitrogens is 2. The Kier molecular flexibility index (Phi) is 5.85. The number of anilines is 1. The van der Waals surface area contributed by atoms with E-state index < -0.39 is 0 Å². The number of nitrogens with two attached hydrogens (primary N) is 1. The standard InChI is InChI=1S/C13H24N4O/c1-4-11-15-12(8-13(18)16-11)17(7-5-6-14)9-10(2)3/h8,10H,4-7,9,14H2,1-3H3,(H,15,16,18). The first-order valence-corrected chi connectivity index (χ1v) is 6.62. The van der Waals surface area contributed by atoms with Crippen molar-refractivity contribution in [2.24, 2.45) is 11.7 Å². The third-order valence-electron chi connectivity index (χ3n) is 2.65. The molecule has 0 amide bonds. The van der Waals surface area contributed by atoms with E-state index in [0.29, 0.717) is 12.5 Å². The highest BCUT2D eigenvalue weighted by molar-refractivity contribution is 5.37. The lowest BCUT2D eigenvalue weighted by Gasteiger charge is -2.25. The smallest absolute Gasteiger partial charge is 0.252 e. The van der Waals surface area contributed by atoms with E-state index in [0.717, 1.165) is 37.6 Å². The van der Waals surface area contributed by atoms with Gasteiger partial charge in [0, 0.05) is 25.6 Å². The summed E-state index contributed by atoms with van der Waals surface area (Å²) in [6.45, 7) is 8.67. The minimum absolute atomic E-state index is 0.0849. The number of hydrogen-bond donors (Lipinski definition) is 2. The van der Waals surface area contributed by atoms with Crippen LogP contribution in [0.4, 0.5) is 5.82 Å². The minimum atomic E-state index is -0.0849. The van der Waals surface area contributed by atoms with Crippen LogP contribution >= 0.6 is 0 Å². The third kappa shape index (κ3) is 4.49. The Hall–Kier alpha value is -1.36. The van der Waals surface area contributed by atoms with Crippen LogP contribution < -0.4 is 16.2 Å². The van der Waals surface area contributed by atoms with Gasteiger partial charge in [0.05, 0.1) is 0 Å². The number of H-pyrrole nitrogens is 1. The van der Waals surface area contributed by atoms with Crippen molar-refractivity contribution in [3.8, 4) is 0 Å². The molecule has 0 bridgehead atoms. The van der Waals surface area contributed by atoms with Gasteiger partial charge in [0.1, 0.15) is 11.6 Å². The summed E-state index contributed by atoms with van der Waals surface area (Å²) in [6.07, 6.45) is 1.64. The van der Waals surface area contributed by atoms with Crippen LogP contribution in [-0.4, -0.2) is 29.6 Å². The van der Waals surface area contributed by atoms with Crippen molar-refractivity contribution in [1.82, 2.24) is 9.97 Å². The van der Waals surface area contributed by atoms with Gasteiger partial charge in [-0.25, -0.2) is 4.98 Å². The Labute approximate surface area is 108 Å². The quantitative estimate of drug-likeness (QED) is 0.763. The van der Waals surface area contributed by atoms with Crippen LogP contribution in [0.15, 0.2) is 10.9 Å². The highest BCUT2D eigenvalue weighted by Crippen LogP contribution is 2.11. The molecular formula is C13H24N4O. The molecular weight excluding hydrogens is 228 g/mol. The van der Waals surface area contributed by atoms with Crippen LogP contribution in [0.5, 0.6) is 0 Å². The normalized spacial score (nSPS) is 10.9. The molecule has 1 aromatic rings. The number of hydrogen-bond acceptors (Lipinski definition) is 4. The van der Waals surface area contributed by atoms with E-state index in [9.17, 15) is 4.79 Å². The fourth-order valence-electron chi connectivity index (χ4n) is 1.85. The average Bonchev–Trinajstić information content (AvgIpc) is 2.33. The summed E-state index contributed by atoms with van der Waals surface area (Å²) in [5.41, 5.74) is 5.47. The maximum atomic E-state index is 11.6. The van der Waals surface area contributed by atoms with Gasteiger partial charge in [-0.05, 0) is 18.9 Å². The molecule has 0 saturated carbocycles. The number of nitrogens with one attached hydrogen (secondary N) is 1. The zero-order valence-electron chi connectivity index (χ0n) is 11.6. The second kappa shape index (κ2) is 7.16. The van der Waals surface area contributed by atoms with Crippen LogP contribution in [-0.2, 0) is 6.42 Å². The summed E-state index contributed by atoms with van der Waals surface area (Å²) < 4.78 is 0. The van der Waals surface area contributed by atoms with Crippen LogP contribution in [0.2, 0.25) is 0 Å². The molecule has 0 fully saturated rings. The van der Waals surface area contributed by atoms with E-state index >= 15 is 0 Å². The van der Waals surface area contributed by atoms with Gasteiger partial charge in [-0.1, -0.05) is 20.8 Å². The Morgan fingerprint density at radius 2 is 2.22 bits per heavy atom. The highest BCUT2D eigenvalue weighted by Gasteiger charge is 2.11. The average molecular weight is 252 g/mol. The molecule has 0 aliphatic rings. The first kappa shape index (κ1) is 14.7. The lowest BCUT2D eigenvalue weighted by atomic mass is 10.2. The molecule has 0 unspecified atom stereocenters. The predicted molar refractivity (Wildman–Crippen MR) is 75.0 cm³/mol. The summed E-state index contributed by atoms with van der Waals surface area (Å²) in [4.78, 5) is 21.0. The monoisotopic (exact) mass is 252 g/mol. The van der Waals surface area contributed by atoms with E-state index in [1.54, 1.807) is 6.07 Å². The lowest BCUT2D eigenvalue weighted by Crippen LogP contribution is -2.32. The Morgan fingerprint density at radius 3 is 2.78 bits per heavy atom. The van der Waals surface area contributed by atoms with Gasteiger partial charge < -0.3 is 15.6 Å². The summed E-state index contributed by atoms with van der Waals surface area (Å²) in [5.74, 6) is 2.02. The molecule has 3 N–H and O–H groups in total. The maximum Gasteiger partial charge on any atom is 0.252 e. The maximum absolute atomic E-state index is 11.6. The summed E-state index contributed by atoms with van der Waals surface area (Å²) >= 11 is 0. The molecule has 102 valence electrons. The van der Waals surface area contributed by atoms with Crippen LogP contribution in [0.1, 0.15) is 33.0 Å². The molecule has 0 saturated heterocycles. The van der Waals surface area contributed by atoms with Crippen molar-refractivity contribution in [3.05, 3.63) is 22.2 Å². The molecule has 0 radical (unpaired) electrons. The minimum Gasteiger partial charge on any atom is -0.356 e. The van der Waals surface area contributed by atoms with Crippen molar-refractivity contribution >= 4 is 5.82 Å². The molecule has 0 aromatic carbocycles. The van der Waals surface area contributed by atoms with Gasteiger partial charge >= 0.3 is 0 Å². The van der Waals surface area contributed by atoms with Crippen LogP contribution in [0.3, 0.4) is 0 Å². The molecule has 0 aliphatic heterocycles. The molecule has 0 aliphatic carbocycles. The predicted octanol–water partition coefficient (Wildman–Crippen LogP) is 1.14. The Bertz CT molecular complexity index is 414. The van der Waals surface area contributed by atoms with Gasteiger partial charge in [-0.3, -0.25) is 4.79 Å². The second-order valence-corrected chi connectivity index (χ2v) is 4.89. The van der Waals surface area contributed by atoms with Gasteiger partial charge in [-0.2, -0.15) is 0 Å². The van der Waals surface area contributed by atoms with Gasteiger partial charge in [0.2, 0.25) is 0 Å². The fourth-order valence-corrected chi connectivity index (χ4v) is 1.85. The SMILES string of the molecule is CCc1nc(N(CCCN)CC(C)C)cc(=O)[nH]1. The van der Waals surface area contributed by atoms with Crippen LogP contribution in [0, 0.1) is 5.92 Å². The van der Waals surface area contributed by atoms with Crippen molar-refractivity contribution < 1.29 is 0 Å². The van der Waals surface area contributed by atoms with E-state index in [4.69, 9.17) is 5.73 Å². The van der Waals surface area contributed by atoms with Gasteiger partial charge in [0.15, 0.2) is 0 Å². The number of aromatic amines is 1. The number of aryl methyl sites for hydroxylation is 1. The molecule has 1 heterocycles. The topological polar surface area (TPSA) is 75.0 Å². The second-order valence-electron chi connectivity index (χ2n) is 4.89. The summed E-state index contributed by atoms with van der Waals surface area (Å²) in [6, 6.07) is 1.57. The molecule has 5 nitrogen and oxygen atoms in total. The van der Waals surface area contributed by atoms with Crippen molar-refractivity contribution in [2.45, 2.75) is 33.6 Å². The zero-order chi connectivity index (χ0) is 13.5. The van der Waals surface area contributed by atoms with E-state index in [2.05, 4.69) is 28.7 Å². The zero-order valence-corrected chi connectivity index (χ0v) is 11.6. The fraction of sp³-hybridized carbons (Fsp3) is 0.692. The third-order valence-corrected chi connectivity index (χ3v) is 2.65. The molecule has 0 spiro atoms. The van der Waals surface area contributed by atoms with Gasteiger partial charge in [-0.15, -0.1) is 0 Å². The van der Waals surface area contributed by atoms with Gasteiger partial charge in [0.25, 0.3) is 5.56 Å². The molecule has 1 aromatic heterocycles. The molecule has 0 atom stereocenters. The molecule has 18 heavy (non-hydrogen) atoms. The highest BCUT2D eigenvalue weighted by atomic mass is 16.1. The summed E-state index contributed by atoms with van der Waals surface area (Å²) in [5, 5.41) is 0. The van der Waals surface area contributed by atoms with E-state index in [1.807, 2.05) is 6.92 Å². The Balaban J connectivity index is 2.95. The lowest BCUT2D eigenvalue weighted by molar-refractivity contribution is 0.594. The van der Waals surface area contributed by atoms with Crippen molar-refractivity contribution in [1.29, 1.82) is 0 Å². The van der Waals surface area contributed by atoms with Crippen molar-refractivity contribution in [2.75, 3.05) is 24.5 Å². The first-order chi connectivity index (χ1) is 8.56. The van der Waals surface area contributed by atoms with Crippen molar-refractivity contribution in [3.63, 3.8) is 0 Å². The molecule has 1 rings (SSSR count). The largest absolute Gasteiger partial charge is 0.356 e. The number of rotatable bonds is 7. The number of nitrogens with zero attached hydrogens (tertiary/aromatic N) is 2. The van der Waals surface area contributed by atoms with Crippen LogP contribution in [0.25, 0.3) is 0 Å². The van der Waals surface area contributed by atoms with E-state index in [-0.39, 0.29) is 5.56 Å². The first-order valence-electron chi connectivity index (χ1n) is 6.62. The molecule has 5 heteroatoms. The Morgan fingerprint density at radius 1 is 1.50 bits per heavy atom. The van der Waals surface area contributed by atoms with E-state index in [1.165, 1.54) is 0 Å². The summed E-state index contributed by atoms with van der Waals surface area (Å²) in [7, 11) is 0.